The molecule has 0 aliphatic rings. The Morgan fingerprint density at radius 2 is 2.00 bits per heavy atom. The molecule has 0 saturated carbocycles. The minimum atomic E-state index is -0.966. The first-order valence-electron chi connectivity index (χ1n) is 6.60. The molecule has 0 fully saturated rings. The van der Waals surface area contributed by atoms with E-state index in [0.717, 1.165) is 5.56 Å². The fourth-order valence-corrected chi connectivity index (χ4v) is 1.79. The molecule has 0 aliphatic heterocycles. The number of nitrogens with two attached hydrogens (primary N) is 1. The molecule has 0 saturated heterocycles. The number of thiol groups is 1. The lowest BCUT2D eigenvalue weighted by Gasteiger charge is -2.12. The van der Waals surface area contributed by atoms with E-state index in [1.54, 1.807) is 0 Å². The minimum Gasteiger partial charge on any atom is -0.492 e. The lowest BCUT2D eigenvalue weighted by molar-refractivity contribution is -0.137. The van der Waals surface area contributed by atoms with Gasteiger partial charge in [0, 0.05) is 12.2 Å². The highest BCUT2D eigenvalue weighted by atomic mass is 32.1. The van der Waals surface area contributed by atoms with Crippen LogP contribution < -0.4 is 15.8 Å². The van der Waals surface area contributed by atoms with Crippen LogP contribution in [0.2, 0.25) is 0 Å². The third-order valence-corrected chi connectivity index (χ3v) is 3.15. The summed E-state index contributed by atoms with van der Waals surface area (Å²) in [4.78, 5) is 21.9. The van der Waals surface area contributed by atoms with Gasteiger partial charge in [0.05, 0.1) is 12.6 Å². The zero-order valence-electron chi connectivity index (χ0n) is 11.6. The molecule has 1 aromatic rings. The second-order valence-electron chi connectivity index (χ2n) is 4.48. The van der Waals surface area contributed by atoms with E-state index in [-0.39, 0.29) is 18.7 Å². The van der Waals surface area contributed by atoms with Gasteiger partial charge in [0.2, 0.25) is 5.91 Å². The highest BCUT2D eigenvalue weighted by molar-refractivity contribution is 7.79. The molecule has 0 aliphatic carbocycles. The van der Waals surface area contributed by atoms with Crippen molar-refractivity contribution in [2.75, 3.05) is 13.2 Å². The third-order valence-electron chi connectivity index (χ3n) is 2.78. The molecule has 0 aromatic heterocycles. The maximum atomic E-state index is 11.6. The molecule has 21 heavy (non-hydrogen) atoms. The van der Waals surface area contributed by atoms with Gasteiger partial charge in [-0.05, 0) is 24.1 Å². The number of hydrogen-bond donors (Lipinski definition) is 4. The quantitative estimate of drug-likeness (QED) is 0.399. The number of nitrogens with one attached hydrogen (secondary N) is 1. The predicted octanol–water partition coefficient (Wildman–Crippen LogP) is 0.803. The predicted molar refractivity (Wildman–Crippen MR) is 82.5 cm³/mol. The largest absolute Gasteiger partial charge is 0.492 e. The van der Waals surface area contributed by atoms with Crippen molar-refractivity contribution in [3.8, 4) is 5.75 Å². The second kappa shape index (κ2) is 9.25. The molecule has 0 unspecified atom stereocenters. The van der Waals surface area contributed by atoms with E-state index in [2.05, 4.69) is 17.9 Å². The van der Waals surface area contributed by atoms with Crippen molar-refractivity contribution in [1.82, 2.24) is 5.32 Å². The first-order valence-corrected chi connectivity index (χ1v) is 7.24. The molecular weight excluding hydrogens is 292 g/mol. The number of ether oxygens (including phenoxy) is 1. The zero-order chi connectivity index (χ0) is 15.7. The third kappa shape index (κ3) is 7.01. The average molecular weight is 312 g/mol. The highest BCUT2D eigenvalue weighted by Gasteiger charge is 2.14. The second-order valence-corrected chi connectivity index (χ2v) is 4.80. The van der Waals surface area contributed by atoms with E-state index in [9.17, 15) is 9.59 Å². The van der Waals surface area contributed by atoms with Gasteiger partial charge < -0.3 is 20.9 Å². The van der Waals surface area contributed by atoms with Gasteiger partial charge in [-0.1, -0.05) is 12.1 Å². The monoisotopic (exact) mass is 312 g/mol. The molecule has 6 nitrogen and oxygen atoms in total. The Hall–Kier alpha value is -1.73. The molecule has 0 bridgehead atoms. The van der Waals surface area contributed by atoms with Crippen LogP contribution in [0.1, 0.15) is 18.4 Å². The number of hydrogen-bond acceptors (Lipinski definition) is 5. The van der Waals surface area contributed by atoms with E-state index in [4.69, 9.17) is 15.6 Å². The molecular formula is C14H20N2O4S. The highest BCUT2D eigenvalue weighted by Crippen LogP contribution is 2.12. The Morgan fingerprint density at radius 1 is 1.33 bits per heavy atom. The van der Waals surface area contributed by atoms with Crippen LogP contribution >= 0.6 is 12.6 Å². The van der Waals surface area contributed by atoms with Gasteiger partial charge in [0.1, 0.15) is 12.4 Å². The first-order chi connectivity index (χ1) is 10.0. The Balaban J connectivity index is 2.20. The molecule has 7 heteroatoms. The molecule has 1 aromatic carbocycles. The standard InChI is InChI=1S/C14H20N2O4S/c15-12(5-6-13(17)18)14(19)16-7-8-20-11-3-1-10(9-21)2-4-11/h1-4,12,21H,5-9,15H2,(H,16,19)(H,17,18)/t12-/m1/s1. The molecule has 0 heterocycles. The molecule has 1 rings (SSSR count). The van der Waals surface area contributed by atoms with E-state index in [0.29, 0.717) is 24.7 Å². The van der Waals surface area contributed by atoms with E-state index >= 15 is 0 Å². The number of rotatable bonds is 9. The van der Waals surface area contributed by atoms with Crippen molar-refractivity contribution in [1.29, 1.82) is 0 Å². The van der Waals surface area contributed by atoms with E-state index < -0.39 is 12.0 Å². The summed E-state index contributed by atoms with van der Waals surface area (Å²) in [6, 6.07) is 6.71. The molecule has 4 N–H and O–H groups in total. The van der Waals surface area contributed by atoms with Crippen LogP contribution in [0.3, 0.4) is 0 Å². The zero-order valence-corrected chi connectivity index (χ0v) is 12.5. The Kier molecular flexibility index (Phi) is 7.63. The number of benzene rings is 1. The van der Waals surface area contributed by atoms with Crippen molar-refractivity contribution >= 4 is 24.5 Å². The smallest absolute Gasteiger partial charge is 0.303 e. The first kappa shape index (κ1) is 17.3. The SMILES string of the molecule is N[C@H](CCC(=O)O)C(=O)NCCOc1ccc(CS)cc1. The number of carbonyl (C=O) groups is 2. The fraction of sp³-hybridized carbons (Fsp3) is 0.429. The van der Waals surface area contributed by atoms with Gasteiger partial charge in [0.25, 0.3) is 0 Å². The summed E-state index contributed by atoms with van der Waals surface area (Å²) < 4.78 is 5.46. The Bertz CT molecular complexity index is 465. The summed E-state index contributed by atoms with van der Waals surface area (Å²) >= 11 is 4.16. The fourth-order valence-electron chi connectivity index (χ4n) is 1.58. The summed E-state index contributed by atoms with van der Waals surface area (Å²) in [5, 5.41) is 11.1. The maximum Gasteiger partial charge on any atom is 0.303 e. The van der Waals surface area contributed by atoms with Crippen LogP contribution in [-0.4, -0.2) is 36.2 Å². The normalized spacial score (nSPS) is 11.7. The van der Waals surface area contributed by atoms with Crippen molar-refractivity contribution < 1.29 is 19.4 Å². The molecule has 1 atom stereocenters. The average Bonchev–Trinajstić information content (AvgIpc) is 2.49. The number of aliphatic carboxylic acids is 1. The summed E-state index contributed by atoms with van der Waals surface area (Å²) in [6.07, 6.45) is -0.00417. The summed E-state index contributed by atoms with van der Waals surface area (Å²) in [6.45, 7) is 0.630. The number of carboxylic acid groups (broad SMARTS) is 1. The van der Waals surface area contributed by atoms with Gasteiger partial charge in [-0.25, -0.2) is 0 Å². The summed E-state index contributed by atoms with van der Waals surface area (Å²) in [5.74, 6) is 0.0476. The topological polar surface area (TPSA) is 102 Å². The molecule has 0 spiro atoms. The van der Waals surface area contributed by atoms with Crippen LogP contribution in [-0.2, 0) is 15.3 Å². The van der Waals surface area contributed by atoms with Crippen LogP contribution in [0.25, 0.3) is 0 Å². The molecule has 1 amide bonds. The Labute approximate surface area is 129 Å². The van der Waals surface area contributed by atoms with Gasteiger partial charge >= 0.3 is 5.97 Å². The number of carbonyl (C=O) groups excluding carboxylic acids is 1. The minimum absolute atomic E-state index is 0.118. The summed E-state index contributed by atoms with van der Waals surface area (Å²) in [5.41, 5.74) is 6.67. The van der Waals surface area contributed by atoms with Gasteiger partial charge in [-0.2, -0.15) is 12.6 Å². The van der Waals surface area contributed by atoms with E-state index in [1.807, 2.05) is 24.3 Å². The van der Waals surface area contributed by atoms with Crippen molar-refractivity contribution in [2.24, 2.45) is 5.73 Å². The van der Waals surface area contributed by atoms with Crippen LogP contribution in [0.15, 0.2) is 24.3 Å². The van der Waals surface area contributed by atoms with Crippen LogP contribution in [0.5, 0.6) is 5.75 Å². The van der Waals surface area contributed by atoms with Crippen molar-refractivity contribution in [2.45, 2.75) is 24.6 Å². The number of amides is 1. The van der Waals surface area contributed by atoms with Gasteiger partial charge in [-0.15, -0.1) is 0 Å². The van der Waals surface area contributed by atoms with Crippen LogP contribution in [0.4, 0.5) is 0 Å². The summed E-state index contributed by atoms with van der Waals surface area (Å²) in [7, 11) is 0. The van der Waals surface area contributed by atoms with Crippen molar-refractivity contribution in [3.63, 3.8) is 0 Å². The van der Waals surface area contributed by atoms with Gasteiger partial charge in [0.15, 0.2) is 0 Å². The van der Waals surface area contributed by atoms with Crippen LogP contribution in [0, 0.1) is 0 Å². The lowest BCUT2D eigenvalue weighted by Crippen LogP contribution is -2.42. The number of carboxylic acids is 1. The molecule has 116 valence electrons. The van der Waals surface area contributed by atoms with Crippen molar-refractivity contribution in [3.05, 3.63) is 29.8 Å². The Morgan fingerprint density at radius 3 is 2.57 bits per heavy atom. The van der Waals surface area contributed by atoms with E-state index in [1.165, 1.54) is 0 Å². The lowest BCUT2D eigenvalue weighted by atomic mass is 10.1. The maximum absolute atomic E-state index is 11.6. The van der Waals surface area contributed by atoms with Gasteiger partial charge in [-0.3, -0.25) is 9.59 Å². The molecule has 0 radical (unpaired) electrons.